The van der Waals surface area contributed by atoms with Crippen molar-refractivity contribution in [2.24, 2.45) is 0 Å². The van der Waals surface area contributed by atoms with Crippen LogP contribution < -0.4 is 15.1 Å². The minimum absolute atomic E-state index is 0.0301. The summed E-state index contributed by atoms with van der Waals surface area (Å²) >= 11 is 0. The molecule has 0 amide bonds. The second kappa shape index (κ2) is 8.31. The molecule has 1 heterocycles. The summed E-state index contributed by atoms with van der Waals surface area (Å²) < 4.78 is 16.0. The van der Waals surface area contributed by atoms with Gasteiger partial charge in [0.05, 0.1) is 0 Å². The minimum atomic E-state index is -0.671. The molecule has 0 aliphatic carbocycles. The van der Waals surface area contributed by atoms with Gasteiger partial charge >= 0.3 is 11.6 Å². The van der Waals surface area contributed by atoms with Crippen LogP contribution in [0.1, 0.15) is 48.2 Å². The van der Waals surface area contributed by atoms with Crippen molar-refractivity contribution in [1.82, 2.24) is 0 Å². The topological polar surface area (TPSA) is 82.8 Å². The minimum Gasteiger partial charge on any atom is -0.482 e. The second-order valence-corrected chi connectivity index (χ2v) is 7.11. The molecular weight excluding hydrogens is 372 g/mol. The van der Waals surface area contributed by atoms with Gasteiger partial charge in [0.15, 0.2) is 18.0 Å². The first-order valence-corrected chi connectivity index (χ1v) is 9.28. The maximum absolute atomic E-state index is 12.3. The summed E-state index contributed by atoms with van der Waals surface area (Å²) in [7, 11) is 0. The summed E-state index contributed by atoms with van der Waals surface area (Å²) in [4.78, 5) is 36.2. The summed E-state index contributed by atoms with van der Waals surface area (Å²) in [6, 6.07) is 12.0. The van der Waals surface area contributed by atoms with E-state index in [0.717, 1.165) is 0 Å². The number of ether oxygens (including phenoxy) is 2. The normalized spacial score (nSPS) is 10.9. The van der Waals surface area contributed by atoms with Gasteiger partial charge in [-0.05, 0) is 55.2 Å². The monoisotopic (exact) mass is 394 g/mol. The van der Waals surface area contributed by atoms with Gasteiger partial charge in [-0.15, -0.1) is 0 Å². The Kier molecular flexibility index (Phi) is 5.82. The molecule has 0 saturated heterocycles. The standard InChI is InChI=1S/C23H22O6/c1-13(2)16-5-7-17(8-6-16)27-12-21(26)28-19-10-9-18-14(3)11-20(25)29-23(18)22(19)15(4)24/h5-11,13H,12H2,1-4H3. The molecule has 6 nitrogen and oxygen atoms in total. The second-order valence-electron chi connectivity index (χ2n) is 7.11. The molecule has 6 heteroatoms. The highest BCUT2D eigenvalue weighted by molar-refractivity contribution is 6.08. The zero-order valence-corrected chi connectivity index (χ0v) is 16.8. The Balaban J connectivity index is 1.80. The third kappa shape index (κ3) is 4.54. The van der Waals surface area contributed by atoms with Crippen LogP contribution in [0.2, 0.25) is 0 Å². The third-order valence-corrected chi connectivity index (χ3v) is 4.56. The van der Waals surface area contributed by atoms with Crippen LogP contribution in [0.4, 0.5) is 0 Å². The Bertz CT molecular complexity index is 1120. The van der Waals surface area contributed by atoms with E-state index in [1.807, 2.05) is 12.1 Å². The van der Waals surface area contributed by atoms with Crippen LogP contribution in [-0.2, 0) is 4.79 Å². The van der Waals surface area contributed by atoms with Crippen molar-refractivity contribution < 1.29 is 23.5 Å². The zero-order chi connectivity index (χ0) is 21.1. The van der Waals surface area contributed by atoms with E-state index in [1.165, 1.54) is 24.6 Å². The van der Waals surface area contributed by atoms with Gasteiger partial charge in [-0.25, -0.2) is 9.59 Å². The molecule has 0 unspecified atom stereocenters. The fourth-order valence-corrected chi connectivity index (χ4v) is 3.03. The maximum atomic E-state index is 12.3. The Morgan fingerprint density at radius 3 is 2.38 bits per heavy atom. The molecule has 150 valence electrons. The lowest BCUT2D eigenvalue weighted by atomic mass is 10.0. The maximum Gasteiger partial charge on any atom is 0.349 e. The van der Waals surface area contributed by atoms with E-state index in [-0.39, 0.29) is 29.3 Å². The predicted octanol–water partition coefficient (Wildman–Crippen LogP) is 4.41. The molecule has 3 aromatic rings. The molecule has 29 heavy (non-hydrogen) atoms. The lowest BCUT2D eigenvalue weighted by molar-refractivity contribution is -0.136. The van der Waals surface area contributed by atoms with E-state index in [4.69, 9.17) is 13.9 Å². The van der Waals surface area contributed by atoms with Crippen LogP contribution in [0.15, 0.2) is 51.7 Å². The molecule has 0 saturated carbocycles. The Morgan fingerprint density at radius 2 is 1.76 bits per heavy atom. The third-order valence-electron chi connectivity index (χ3n) is 4.56. The first-order valence-electron chi connectivity index (χ1n) is 9.28. The number of rotatable bonds is 6. The molecule has 0 fully saturated rings. The molecule has 0 atom stereocenters. The first-order chi connectivity index (χ1) is 13.8. The van der Waals surface area contributed by atoms with Crippen molar-refractivity contribution in [3.63, 3.8) is 0 Å². The van der Waals surface area contributed by atoms with E-state index < -0.39 is 11.6 Å². The van der Waals surface area contributed by atoms with Gasteiger partial charge < -0.3 is 13.9 Å². The van der Waals surface area contributed by atoms with Gasteiger partial charge in [0.2, 0.25) is 0 Å². The molecule has 0 N–H and O–H groups in total. The number of fused-ring (bicyclic) bond motifs is 1. The number of Topliss-reactive ketones (excluding diaryl/α,β-unsaturated/α-hetero) is 1. The van der Waals surface area contributed by atoms with Gasteiger partial charge in [-0.1, -0.05) is 26.0 Å². The largest absolute Gasteiger partial charge is 0.482 e. The van der Waals surface area contributed by atoms with E-state index in [9.17, 15) is 14.4 Å². The summed E-state index contributed by atoms with van der Waals surface area (Å²) in [5.41, 5.74) is 1.42. The van der Waals surface area contributed by atoms with Crippen LogP contribution in [0.5, 0.6) is 11.5 Å². The predicted molar refractivity (Wildman–Crippen MR) is 109 cm³/mol. The van der Waals surface area contributed by atoms with Crippen molar-refractivity contribution in [2.75, 3.05) is 6.61 Å². The van der Waals surface area contributed by atoms with E-state index >= 15 is 0 Å². The lowest BCUT2D eigenvalue weighted by Crippen LogP contribution is -2.19. The number of hydrogen-bond donors (Lipinski definition) is 0. The van der Waals surface area contributed by atoms with E-state index in [0.29, 0.717) is 22.6 Å². The summed E-state index contributed by atoms with van der Waals surface area (Å²) in [6.45, 7) is 6.92. The number of ketones is 1. The average Bonchev–Trinajstić information content (AvgIpc) is 2.66. The molecule has 0 aliphatic heterocycles. The molecule has 0 radical (unpaired) electrons. The Labute approximate surface area is 168 Å². The van der Waals surface area contributed by atoms with Gasteiger partial charge in [-0.2, -0.15) is 0 Å². The Morgan fingerprint density at radius 1 is 1.07 bits per heavy atom. The highest BCUT2D eigenvalue weighted by Gasteiger charge is 2.19. The molecule has 3 rings (SSSR count). The van der Waals surface area contributed by atoms with E-state index in [2.05, 4.69) is 13.8 Å². The fourth-order valence-electron chi connectivity index (χ4n) is 3.03. The smallest absolute Gasteiger partial charge is 0.349 e. The first kappa shape index (κ1) is 20.3. The fraction of sp³-hybridized carbons (Fsp3) is 0.261. The van der Waals surface area contributed by atoms with Crippen molar-refractivity contribution in [2.45, 2.75) is 33.6 Å². The van der Waals surface area contributed by atoms with E-state index in [1.54, 1.807) is 25.1 Å². The van der Waals surface area contributed by atoms with Gasteiger partial charge in [0.1, 0.15) is 17.1 Å². The van der Waals surface area contributed by atoms with Crippen molar-refractivity contribution in [3.8, 4) is 11.5 Å². The molecule has 0 aliphatic rings. The van der Waals surface area contributed by atoms with Crippen LogP contribution in [0, 0.1) is 6.92 Å². The summed E-state index contributed by atoms with van der Waals surface area (Å²) in [5.74, 6) is -0.0801. The average molecular weight is 394 g/mol. The molecule has 0 bridgehead atoms. The van der Waals surface area contributed by atoms with Crippen molar-refractivity contribution >= 4 is 22.7 Å². The number of esters is 1. The number of carbonyl (C=O) groups is 2. The molecule has 0 spiro atoms. The SMILES string of the molecule is CC(=O)c1c(OC(=O)COc2ccc(C(C)C)cc2)ccc2c(C)cc(=O)oc12. The molecule has 1 aromatic heterocycles. The lowest BCUT2D eigenvalue weighted by Gasteiger charge is -2.12. The quantitative estimate of drug-likeness (QED) is 0.266. The highest BCUT2D eigenvalue weighted by atomic mass is 16.6. The Hall–Kier alpha value is -3.41. The molecular formula is C23H22O6. The van der Waals surface area contributed by atoms with Gasteiger partial charge in [-0.3, -0.25) is 4.79 Å². The summed E-state index contributed by atoms with van der Waals surface area (Å²) in [6.07, 6.45) is 0. The van der Waals surface area contributed by atoms with Crippen LogP contribution >= 0.6 is 0 Å². The highest BCUT2D eigenvalue weighted by Crippen LogP contribution is 2.29. The van der Waals surface area contributed by atoms with Crippen molar-refractivity contribution in [1.29, 1.82) is 0 Å². The van der Waals surface area contributed by atoms with Gasteiger partial charge in [0.25, 0.3) is 0 Å². The number of carbonyl (C=O) groups excluding carboxylic acids is 2. The van der Waals surface area contributed by atoms with Crippen molar-refractivity contribution in [3.05, 3.63) is 69.6 Å². The summed E-state index contributed by atoms with van der Waals surface area (Å²) in [5, 5.41) is 0.607. The zero-order valence-electron chi connectivity index (χ0n) is 16.8. The van der Waals surface area contributed by atoms with Crippen LogP contribution in [0.25, 0.3) is 11.0 Å². The number of aryl methyl sites for hydroxylation is 1. The van der Waals surface area contributed by atoms with Gasteiger partial charge in [0, 0.05) is 11.5 Å². The van der Waals surface area contributed by atoms with Crippen LogP contribution in [-0.4, -0.2) is 18.4 Å². The van der Waals surface area contributed by atoms with Crippen LogP contribution in [0.3, 0.4) is 0 Å². The number of hydrogen-bond acceptors (Lipinski definition) is 6. The number of benzene rings is 2. The molecule has 2 aromatic carbocycles.